The van der Waals surface area contributed by atoms with Crippen molar-refractivity contribution >= 4 is 5.78 Å². The zero-order valence-electron chi connectivity index (χ0n) is 41.1. The van der Waals surface area contributed by atoms with E-state index in [1.807, 2.05) is 0 Å². The highest BCUT2D eigenvalue weighted by Crippen LogP contribution is 2.18. The van der Waals surface area contributed by atoms with Crippen molar-refractivity contribution in [2.45, 2.75) is 310 Å². The summed E-state index contributed by atoms with van der Waals surface area (Å²) in [4.78, 5) is 12.6. The number of Topliss-reactive ketones (excluding diaryl/α,β-unsaturated/α-hetero) is 1. The summed E-state index contributed by atoms with van der Waals surface area (Å²) in [5.41, 5.74) is 0. The van der Waals surface area contributed by atoms with E-state index in [2.05, 4.69) is 27.8 Å². The summed E-state index contributed by atoms with van der Waals surface area (Å²) in [6, 6.07) is 0. The van der Waals surface area contributed by atoms with Gasteiger partial charge in [0.05, 0.1) is 26.7 Å². The van der Waals surface area contributed by atoms with Gasteiger partial charge in [-0.3, -0.25) is 4.79 Å². The molecule has 0 aliphatic rings. The van der Waals surface area contributed by atoms with E-state index in [1.165, 1.54) is 289 Å². The molecule has 0 aromatic carbocycles. The molecule has 0 aliphatic heterocycles. The fourth-order valence-corrected chi connectivity index (χ4v) is 9.12. The Morgan fingerprint density at radius 1 is 0.310 bits per heavy atom. The van der Waals surface area contributed by atoms with Crippen LogP contribution in [0.2, 0.25) is 0 Å². The van der Waals surface area contributed by atoms with Crippen LogP contribution in [0.4, 0.5) is 0 Å². The van der Waals surface area contributed by atoms with Crippen molar-refractivity contribution in [3.8, 4) is 0 Å². The fourth-order valence-electron chi connectivity index (χ4n) is 9.12. The topological polar surface area (TPSA) is 26.3 Å². The lowest BCUT2D eigenvalue weighted by molar-refractivity contribution is -0.910. The summed E-state index contributed by atoms with van der Waals surface area (Å²) >= 11 is 0. The molecule has 0 aliphatic carbocycles. The summed E-state index contributed by atoms with van der Waals surface area (Å²) in [7, 11) is 2.48. The number of likely N-dealkylation sites (N-methyl/N-ethyl adjacent to an activating group) is 1. The van der Waals surface area contributed by atoms with Crippen molar-refractivity contribution < 1.29 is 14.0 Å². The quantitative estimate of drug-likeness (QED) is 0.0451. The Labute approximate surface area is 368 Å². The molecule has 0 saturated heterocycles. The third-order valence-electron chi connectivity index (χ3n) is 13.5. The molecule has 0 bridgehead atoms. The number of carbonyl (C=O) groups excluding carboxylic acids is 1. The van der Waals surface area contributed by atoms with Gasteiger partial charge >= 0.3 is 0 Å². The highest BCUT2D eigenvalue weighted by Gasteiger charge is 2.21. The SMILES string of the molecule is CCCCCCCCCCCCCCCCCCCC[N+](C)(CCCCCCCCCCCC)CCOCC(=O)CCCCCCCCCCCCCCCCCC. The lowest BCUT2D eigenvalue weighted by Gasteiger charge is -2.35. The molecule has 1 atom stereocenters. The van der Waals surface area contributed by atoms with Gasteiger partial charge in [0.1, 0.15) is 13.2 Å². The second-order valence-electron chi connectivity index (χ2n) is 19.6. The van der Waals surface area contributed by atoms with Gasteiger partial charge in [0, 0.05) is 6.42 Å². The second kappa shape index (κ2) is 49.2. The Morgan fingerprint density at radius 3 is 0.793 bits per heavy atom. The molecule has 1 unspecified atom stereocenters. The number of hydrogen-bond acceptors (Lipinski definition) is 2. The van der Waals surface area contributed by atoms with Crippen molar-refractivity contribution in [3.05, 3.63) is 0 Å². The number of ether oxygens (including phenoxy) is 1. The molecular formula is C55H112NO2+. The highest BCUT2D eigenvalue weighted by molar-refractivity contribution is 5.79. The first-order valence-electron chi connectivity index (χ1n) is 27.5. The second-order valence-corrected chi connectivity index (χ2v) is 19.6. The minimum absolute atomic E-state index is 0.317. The predicted molar refractivity (Wildman–Crippen MR) is 261 cm³/mol. The maximum absolute atomic E-state index is 12.6. The van der Waals surface area contributed by atoms with Gasteiger partial charge in [-0.15, -0.1) is 0 Å². The van der Waals surface area contributed by atoms with E-state index < -0.39 is 0 Å². The molecule has 0 amide bonds. The van der Waals surface area contributed by atoms with E-state index in [1.54, 1.807) is 0 Å². The molecule has 0 rings (SSSR count). The Morgan fingerprint density at radius 2 is 0.534 bits per heavy atom. The zero-order valence-corrected chi connectivity index (χ0v) is 41.1. The Balaban J connectivity index is 4.06. The van der Waals surface area contributed by atoms with Crippen LogP contribution >= 0.6 is 0 Å². The first kappa shape index (κ1) is 57.6. The van der Waals surface area contributed by atoms with Crippen molar-refractivity contribution in [1.82, 2.24) is 0 Å². The molecule has 3 heteroatoms. The maximum Gasteiger partial charge on any atom is 0.158 e. The minimum atomic E-state index is 0.317. The van der Waals surface area contributed by atoms with Crippen molar-refractivity contribution in [3.63, 3.8) is 0 Å². The number of quaternary nitrogens is 1. The van der Waals surface area contributed by atoms with Crippen molar-refractivity contribution in [1.29, 1.82) is 0 Å². The van der Waals surface area contributed by atoms with Gasteiger partial charge in [0.25, 0.3) is 0 Å². The Hall–Kier alpha value is -0.410. The molecular weight excluding hydrogens is 707 g/mol. The normalized spacial score (nSPS) is 12.8. The van der Waals surface area contributed by atoms with E-state index in [9.17, 15) is 4.79 Å². The van der Waals surface area contributed by atoms with Crippen LogP contribution in [0, 0.1) is 0 Å². The summed E-state index contributed by atoms with van der Waals surface area (Å²) in [6.45, 7) is 11.6. The van der Waals surface area contributed by atoms with Crippen LogP contribution in [0.25, 0.3) is 0 Å². The van der Waals surface area contributed by atoms with E-state index in [0.29, 0.717) is 18.8 Å². The molecule has 0 fully saturated rings. The monoisotopic (exact) mass is 819 g/mol. The first-order chi connectivity index (χ1) is 28.6. The number of nitrogens with zero attached hydrogens (tertiary/aromatic N) is 1. The van der Waals surface area contributed by atoms with E-state index in [0.717, 1.165) is 24.1 Å². The van der Waals surface area contributed by atoms with Crippen LogP contribution in [0.3, 0.4) is 0 Å². The highest BCUT2D eigenvalue weighted by atomic mass is 16.5. The molecule has 0 heterocycles. The summed E-state index contributed by atoms with van der Waals surface area (Å²) in [5, 5.41) is 0. The lowest BCUT2D eigenvalue weighted by Crippen LogP contribution is -2.48. The lowest BCUT2D eigenvalue weighted by atomic mass is 10.0. The van der Waals surface area contributed by atoms with Gasteiger partial charge in [0.15, 0.2) is 5.78 Å². The number of rotatable bonds is 52. The van der Waals surface area contributed by atoms with Crippen LogP contribution in [-0.4, -0.2) is 50.2 Å². The standard InChI is InChI=1S/C55H112NO2/c1-5-8-11-14-17-20-23-25-27-29-30-32-34-36-39-42-45-48-51-56(4,50-47-44-41-38-22-19-16-13-10-7-3)52-53-58-54-55(57)49-46-43-40-37-35-33-31-28-26-24-21-18-15-12-9-6-2/h5-54H2,1-4H3/q+1. The molecule has 58 heavy (non-hydrogen) atoms. The van der Waals surface area contributed by atoms with Crippen LogP contribution in [0.5, 0.6) is 0 Å². The van der Waals surface area contributed by atoms with Gasteiger partial charge in [-0.05, 0) is 32.1 Å². The van der Waals surface area contributed by atoms with Crippen LogP contribution in [0.1, 0.15) is 310 Å². The molecule has 0 radical (unpaired) electrons. The maximum atomic E-state index is 12.6. The van der Waals surface area contributed by atoms with Crippen molar-refractivity contribution in [2.75, 3.05) is 39.9 Å². The van der Waals surface area contributed by atoms with Crippen molar-refractivity contribution in [2.24, 2.45) is 0 Å². The van der Waals surface area contributed by atoms with Gasteiger partial charge in [0.2, 0.25) is 0 Å². The molecule has 0 N–H and O–H groups in total. The number of carbonyl (C=O) groups is 1. The van der Waals surface area contributed by atoms with Gasteiger partial charge in [-0.1, -0.05) is 271 Å². The van der Waals surface area contributed by atoms with Gasteiger partial charge in [-0.25, -0.2) is 0 Å². The average Bonchev–Trinajstić information content (AvgIpc) is 3.22. The average molecular weight is 820 g/mol. The molecule has 348 valence electrons. The number of hydrogen-bond donors (Lipinski definition) is 0. The Kier molecular flexibility index (Phi) is 48.9. The van der Waals surface area contributed by atoms with Gasteiger partial charge < -0.3 is 9.22 Å². The molecule has 0 aromatic heterocycles. The largest absolute Gasteiger partial charge is 0.368 e. The fraction of sp³-hybridized carbons (Fsp3) is 0.982. The molecule has 0 spiro atoms. The van der Waals surface area contributed by atoms with E-state index in [-0.39, 0.29) is 0 Å². The third kappa shape index (κ3) is 46.7. The molecule has 0 saturated carbocycles. The minimum Gasteiger partial charge on any atom is -0.368 e. The molecule has 3 nitrogen and oxygen atoms in total. The number of unbranched alkanes of at least 4 members (excludes halogenated alkanes) is 41. The van der Waals surface area contributed by atoms with Crippen LogP contribution < -0.4 is 0 Å². The Bertz CT molecular complexity index is 769. The summed E-state index contributed by atoms with van der Waals surface area (Å²) in [5.74, 6) is 0.317. The van der Waals surface area contributed by atoms with E-state index >= 15 is 0 Å². The predicted octanol–water partition coefficient (Wildman–Crippen LogP) is 18.6. The summed E-state index contributed by atoms with van der Waals surface area (Å²) < 4.78 is 7.17. The van der Waals surface area contributed by atoms with E-state index in [4.69, 9.17) is 4.74 Å². The zero-order chi connectivity index (χ0) is 42.1. The molecule has 0 aromatic rings. The third-order valence-corrected chi connectivity index (χ3v) is 13.5. The van der Waals surface area contributed by atoms with Crippen LogP contribution in [-0.2, 0) is 9.53 Å². The summed E-state index contributed by atoms with van der Waals surface area (Å²) in [6.07, 6.45) is 62.5. The van der Waals surface area contributed by atoms with Gasteiger partial charge in [-0.2, -0.15) is 0 Å². The first-order valence-corrected chi connectivity index (χ1v) is 27.5. The smallest absolute Gasteiger partial charge is 0.158 e. The van der Waals surface area contributed by atoms with Crippen LogP contribution in [0.15, 0.2) is 0 Å². The number of ketones is 1.